The number of pyridine rings is 2. The molecule has 2 aliphatic rings. The van der Waals surface area contributed by atoms with Gasteiger partial charge in [-0.05, 0) is 0 Å². The Morgan fingerprint density at radius 2 is 1.04 bits per heavy atom. The van der Waals surface area contributed by atoms with E-state index in [1.54, 1.807) is 0 Å². The van der Waals surface area contributed by atoms with Gasteiger partial charge in [0, 0.05) is 21.9 Å². The zero-order valence-electron chi connectivity index (χ0n) is 12.4. The molecule has 2 aromatic carbocycles. The molecule has 0 aliphatic carbocycles. The van der Waals surface area contributed by atoms with Crippen LogP contribution in [0.4, 0.5) is 11.4 Å². The highest BCUT2D eigenvalue weighted by Crippen LogP contribution is 2.37. The molecule has 0 saturated heterocycles. The van der Waals surface area contributed by atoms with E-state index in [0.29, 0.717) is 0 Å². The van der Waals surface area contributed by atoms with Gasteiger partial charge in [0.25, 0.3) is 22.4 Å². The lowest BCUT2D eigenvalue weighted by atomic mass is 9.93. The van der Waals surface area contributed by atoms with Crippen molar-refractivity contribution in [2.75, 3.05) is 0 Å². The number of nitro benzene ring substituents is 2. The molecule has 12 heteroatoms. The van der Waals surface area contributed by atoms with Gasteiger partial charge in [0.2, 0.25) is 0 Å². The molecule has 0 unspecified atom stereocenters. The second kappa shape index (κ2) is 4.66. The standard InChI is InChI=1S/C14H4N4O8/c19-13-7-1-5(17(23)24)3-9-11(7)12-8(14(20)16(9)22)2-6(18(25)26)4-10(12)15(13)21/h1-4H/q+2. The number of non-ortho nitro benzene ring substituents is 2. The third-order valence-corrected chi connectivity index (χ3v) is 4.14. The van der Waals surface area contributed by atoms with Gasteiger partial charge in [0.15, 0.2) is 0 Å². The zero-order chi connectivity index (χ0) is 18.9. The topological polar surface area (TPSA) is 166 Å². The van der Waals surface area contributed by atoms with E-state index >= 15 is 0 Å². The summed E-state index contributed by atoms with van der Waals surface area (Å²) in [6.07, 6.45) is 0. The van der Waals surface area contributed by atoms with Crippen LogP contribution in [0.15, 0.2) is 33.9 Å². The van der Waals surface area contributed by atoms with Gasteiger partial charge in [-0.1, -0.05) is 0 Å². The second-order valence-electron chi connectivity index (χ2n) is 5.49. The molecule has 0 amide bonds. The van der Waals surface area contributed by atoms with E-state index < -0.39 is 54.1 Å². The predicted molar refractivity (Wildman–Crippen MR) is 84.2 cm³/mol. The lowest BCUT2D eigenvalue weighted by molar-refractivity contribution is -0.484. The molecule has 26 heavy (non-hydrogen) atoms. The molecule has 0 saturated carbocycles. The first kappa shape index (κ1) is 15.3. The summed E-state index contributed by atoms with van der Waals surface area (Å²) in [5.74, 6) is 0. The summed E-state index contributed by atoms with van der Waals surface area (Å²) in [5, 5.41) is 21.2. The van der Waals surface area contributed by atoms with Crippen LogP contribution >= 0.6 is 0 Å². The predicted octanol–water partition coefficient (Wildman–Crippen LogP) is -0.223. The average Bonchev–Trinajstić information content (AvgIpc) is 2.61. The largest absolute Gasteiger partial charge is 0.473 e. The Labute approximate surface area is 139 Å². The van der Waals surface area contributed by atoms with Crippen LogP contribution in [-0.2, 0) is 0 Å². The van der Waals surface area contributed by atoms with Crippen molar-refractivity contribution >= 4 is 33.2 Å². The van der Waals surface area contributed by atoms with Crippen LogP contribution in [-0.4, -0.2) is 9.85 Å². The summed E-state index contributed by atoms with van der Waals surface area (Å²) in [4.78, 5) is 69.5. The fourth-order valence-electron chi connectivity index (χ4n) is 3.06. The number of rotatable bonds is 2. The molecule has 2 heterocycles. The Bertz CT molecular complexity index is 1260. The molecule has 4 rings (SSSR count). The molecule has 12 nitrogen and oxygen atoms in total. The Hall–Kier alpha value is -4.22. The lowest BCUT2D eigenvalue weighted by Gasteiger charge is -2.04. The van der Waals surface area contributed by atoms with Crippen LogP contribution < -0.4 is 20.0 Å². The number of hydrogen-bond acceptors (Lipinski definition) is 8. The highest BCUT2D eigenvalue weighted by molar-refractivity contribution is 6.07. The quantitative estimate of drug-likeness (QED) is 0.205. The SMILES string of the molecule is O=c1c2cc([N+](=O)[O-])cc3c2-c2c(cc([N+](=O)[O-])cc2[n+]1=O)c(=O)[n+]3=O. The van der Waals surface area contributed by atoms with Crippen LogP contribution in [0.5, 0.6) is 0 Å². The molecule has 2 aromatic rings. The van der Waals surface area contributed by atoms with Gasteiger partial charge in [0.05, 0.1) is 33.1 Å². The van der Waals surface area contributed by atoms with Crippen molar-refractivity contribution in [2.24, 2.45) is 0 Å². The van der Waals surface area contributed by atoms with E-state index in [1.807, 2.05) is 0 Å². The molecule has 0 N–H and O–H groups in total. The molecule has 2 aliphatic heterocycles. The minimum absolute atomic E-state index is 0.137. The first-order valence-corrected chi connectivity index (χ1v) is 6.90. The van der Waals surface area contributed by atoms with E-state index in [0.717, 1.165) is 24.3 Å². The minimum Gasteiger partial charge on any atom is -0.258 e. The van der Waals surface area contributed by atoms with Crippen molar-refractivity contribution < 1.29 is 18.7 Å². The third-order valence-electron chi connectivity index (χ3n) is 4.14. The number of aromatic nitrogens is 2. The molecule has 0 radical (unpaired) electrons. The maximum Gasteiger partial charge on any atom is 0.473 e. The highest BCUT2D eigenvalue weighted by Gasteiger charge is 2.38. The van der Waals surface area contributed by atoms with E-state index in [4.69, 9.17) is 0 Å². The van der Waals surface area contributed by atoms with Gasteiger partial charge in [-0.2, -0.15) is 0 Å². The molecule has 0 atom stereocenters. The smallest absolute Gasteiger partial charge is 0.258 e. The Kier molecular flexibility index (Phi) is 2.74. The van der Waals surface area contributed by atoms with E-state index in [9.17, 15) is 39.6 Å². The van der Waals surface area contributed by atoms with Crippen molar-refractivity contribution in [2.45, 2.75) is 0 Å². The van der Waals surface area contributed by atoms with Crippen molar-refractivity contribution in [3.8, 4) is 11.1 Å². The van der Waals surface area contributed by atoms with Gasteiger partial charge >= 0.3 is 11.1 Å². The molecule has 126 valence electrons. The summed E-state index contributed by atoms with van der Waals surface area (Å²) in [7, 11) is 0. The summed E-state index contributed by atoms with van der Waals surface area (Å²) in [6, 6.07) is 3.27. The Balaban J connectivity index is 2.47. The number of hydrogen-bond donors (Lipinski definition) is 0. The summed E-state index contributed by atoms with van der Waals surface area (Å²) in [5.41, 5.74) is -4.97. The zero-order valence-corrected chi connectivity index (χ0v) is 12.4. The summed E-state index contributed by atoms with van der Waals surface area (Å²) in [6.45, 7) is 0. The number of benzene rings is 2. The van der Waals surface area contributed by atoms with E-state index in [2.05, 4.69) is 0 Å². The first-order valence-electron chi connectivity index (χ1n) is 6.90. The van der Waals surface area contributed by atoms with E-state index in [-0.39, 0.29) is 20.0 Å². The Morgan fingerprint density at radius 1 is 0.692 bits per heavy atom. The molecule has 0 aromatic heterocycles. The van der Waals surface area contributed by atoms with Crippen molar-refractivity contribution in [3.63, 3.8) is 0 Å². The van der Waals surface area contributed by atoms with Crippen LogP contribution in [0.1, 0.15) is 0 Å². The lowest BCUT2D eigenvalue weighted by Crippen LogP contribution is -2.42. The number of nitro groups is 2. The second-order valence-corrected chi connectivity index (χ2v) is 5.49. The van der Waals surface area contributed by atoms with Crippen LogP contribution in [0.3, 0.4) is 0 Å². The third kappa shape index (κ3) is 1.71. The van der Waals surface area contributed by atoms with Crippen molar-refractivity contribution in [3.05, 3.63) is 75.0 Å². The minimum atomic E-state index is -1.23. The van der Waals surface area contributed by atoms with Crippen LogP contribution in [0.2, 0.25) is 0 Å². The van der Waals surface area contributed by atoms with Gasteiger partial charge in [0.1, 0.15) is 19.6 Å². The van der Waals surface area contributed by atoms with Gasteiger partial charge in [-0.15, -0.1) is 0 Å². The van der Waals surface area contributed by atoms with Crippen LogP contribution in [0, 0.1) is 30.0 Å². The molecule has 0 bridgehead atoms. The average molecular weight is 356 g/mol. The molecular weight excluding hydrogens is 352 g/mol. The molecular formula is C14H4N4O8+2. The highest BCUT2D eigenvalue weighted by atomic mass is 16.6. The van der Waals surface area contributed by atoms with Crippen LogP contribution in [0.25, 0.3) is 32.9 Å². The van der Waals surface area contributed by atoms with Gasteiger partial charge in [-0.3, -0.25) is 20.2 Å². The van der Waals surface area contributed by atoms with Gasteiger partial charge < -0.3 is 0 Å². The summed E-state index contributed by atoms with van der Waals surface area (Å²) < 4.78 is -0.370. The fourth-order valence-corrected chi connectivity index (χ4v) is 3.06. The monoisotopic (exact) mass is 356 g/mol. The van der Waals surface area contributed by atoms with E-state index in [1.165, 1.54) is 0 Å². The maximum atomic E-state index is 12.3. The normalized spacial score (nSPS) is 11.5. The van der Waals surface area contributed by atoms with Crippen molar-refractivity contribution in [1.82, 2.24) is 0 Å². The molecule has 0 fully saturated rings. The van der Waals surface area contributed by atoms with Crippen molar-refractivity contribution in [1.29, 1.82) is 0 Å². The number of nitrogens with zero attached hydrogens (tertiary/aromatic N) is 4. The fraction of sp³-hybridized carbons (Fsp3) is 0. The first-order chi connectivity index (χ1) is 12.2. The maximum absolute atomic E-state index is 12.3. The Morgan fingerprint density at radius 3 is 1.35 bits per heavy atom. The molecule has 0 spiro atoms. The summed E-state index contributed by atoms with van der Waals surface area (Å²) >= 11 is 0. The van der Waals surface area contributed by atoms with Gasteiger partial charge in [-0.25, -0.2) is 9.59 Å².